The molecule has 0 saturated carbocycles. The summed E-state index contributed by atoms with van der Waals surface area (Å²) in [5, 5.41) is 1.51. The van der Waals surface area contributed by atoms with E-state index in [1.165, 1.54) is 0 Å². The lowest BCUT2D eigenvalue weighted by Gasteiger charge is -2.26. The molecule has 5 nitrogen and oxygen atoms in total. The van der Waals surface area contributed by atoms with Crippen LogP contribution in [0.3, 0.4) is 0 Å². The first kappa shape index (κ1) is 17.8. The minimum absolute atomic E-state index is 0.277. The van der Waals surface area contributed by atoms with Crippen LogP contribution in [0.15, 0.2) is 18.2 Å². The van der Waals surface area contributed by atoms with E-state index in [0.29, 0.717) is 24.5 Å². The Balaban J connectivity index is 1.90. The molecule has 0 unspecified atom stereocenters. The van der Waals surface area contributed by atoms with Gasteiger partial charge in [-0.2, -0.15) is 0 Å². The molecule has 0 atom stereocenters. The van der Waals surface area contributed by atoms with Gasteiger partial charge in [0.15, 0.2) is 0 Å². The molecule has 3 rings (SSSR count). The van der Waals surface area contributed by atoms with Crippen LogP contribution in [0.2, 0.25) is 5.02 Å². The lowest BCUT2D eigenvalue weighted by atomic mass is 10.0. The monoisotopic (exact) mass is 362 g/mol. The molecular weight excluding hydrogens is 340 g/mol. The Bertz CT molecular complexity index is 814. The van der Waals surface area contributed by atoms with Gasteiger partial charge >= 0.3 is 6.09 Å². The second kappa shape index (κ2) is 6.71. The first-order chi connectivity index (χ1) is 11.8. The number of methoxy groups -OCH3 is 1. The highest BCUT2D eigenvalue weighted by molar-refractivity contribution is 6.35. The molecule has 1 aliphatic heterocycles. The van der Waals surface area contributed by atoms with Crippen LogP contribution in [0.1, 0.15) is 32.0 Å². The highest BCUT2D eigenvalue weighted by Crippen LogP contribution is 2.32. The number of rotatable bonds is 1. The number of carbonyl (C=O) groups excluding carboxylic acids is 1. The molecule has 1 amide bonds. The van der Waals surface area contributed by atoms with Gasteiger partial charge in [-0.15, -0.1) is 0 Å². The summed E-state index contributed by atoms with van der Waals surface area (Å²) in [5.41, 5.74) is 2.35. The zero-order chi connectivity index (χ0) is 18.2. The van der Waals surface area contributed by atoms with Crippen LogP contribution in [0.4, 0.5) is 4.79 Å². The van der Waals surface area contributed by atoms with Gasteiger partial charge in [0.1, 0.15) is 11.4 Å². The second-order valence-electron chi connectivity index (χ2n) is 7.21. The van der Waals surface area contributed by atoms with Gasteiger partial charge in [-0.3, -0.25) is 4.98 Å². The Labute approximate surface area is 152 Å². The number of hydrogen-bond acceptors (Lipinski definition) is 4. The van der Waals surface area contributed by atoms with E-state index in [2.05, 4.69) is 6.07 Å². The summed E-state index contributed by atoms with van der Waals surface area (Å²) < 4.78 is 10.9. The number of aromatic nitrogens is 1. The van der Waals surface area contributed by atoms with Crippen molar-refractivity contribution in [2.45, 2.75) is 39.2 Å². The van der Waals surface area contributed by atoms with Crippen LogP contribution < -0.4 is 4.74 Å². The van der Waals surface area contributed by atoms with Crippen LogP contribution in [0, 0.1) is 0 Å². The molecule has 1 aromatic carbocycles. The molecule has 2 aromatic rings. The Kier molecular flexibility index (Phi) is 4.78. The third-order valence-corrected chi connectivity index (χ3v) is 4.51. The van der Waals surface area contributed by atoms with Gasteiger partial charge in [0.05, 0.1) is 17.6 Å². The average molecular weight is 363 g/mol. The summed E-state index contributed by atoms with van der Waals surface area (Å²) in [4.78, 5) is 18.9. The summed E-state index contributed by atoms with van der Waals surface area (Å²) >= 11 is 6.32. The van der Waals surface area contributed by atoms with Crippen molar-refractivity contribution in [1.82, 2.24) is 9.88 Å². The molecule has 0 fully saturated rings. The van der Waals surface area contributed by atoms with Crippen LogP contribution in [0.25, 0.3) is 10.9 Å². The van der Waals surface area contributed by atoms with Crippen molar-refractivity contribution in [3.05, 3.63) is 34.5 Å². The van der Waals surface area contributed by atoms with Crippen molar-refractivity contribution in [1.29, 1.82) is 0 Å². The fourth-order valence-electron chi connectivity index (χ4n) is 3.01. The van der Waals surface area contributed by atoms with Crippen molar-refractivity contribution >= 4 is 28.6 Å². The number of hydrogen-bond donors (Lipinski definition) is 0. The van der Waals surface area contributed by atoms with Crippen molar-refractivity contribution in [3.63, 3.8) is 0 Å². The van der Waals surface area contributed by atoms with E-state index in [1.807, 2.05) is 26.8 Å². The summed E-state index contributed by atoms with van der Waals surface area (Å²) in [6, 6.07) is 5.73. The summed E-state index contributed by atoms with van der Waals surface area (Å²) in [6.45, 7) is 6.82. The van der Waals surface area contributed by atoms with E-state index >= 15 is 0 Å². The van der Waals surface area contributed by atoms with Crippen LogP contribution in [-0.4, -0.2) is 41.8 Å². The van der Waals surface area contributed by atoms with Crippen molar-refractivity contribution in [2.24, 2.45) is 0 Å². The first-order valence-electron chi connectivity index (χ1n) is 8.41. The largest absolute Gasteiger partial charge is 0.496 e. The second-order valence-corrected chi connectivity index (χ2v) is 7.61. The Hall–Kier alpha value is -2.01. The van der Waals surface area contributed by atoms with E-state index < -0.39 is 5.60 Å². The molecule has 0 radical (unpaired) electrons. The molecule has 0 aliphatic carbocycles. The topological polar surface area (TPSA) is 51.7 Å². The van der Waals surface area contributed by atoms with E-state index in [1.54, 1.807) is 18.1 Å². The minimum atomic E-state index is -0.496. The third kappa shape index (κ3) is 3.82. The highest BCUT2D eigenvalue weighted by Gasteiger charge is 2.25. The van der Waals surface area contributed by atoms with Crippen molar-refractivity contribution in [3.8, 4) is 5.75 Å². The number of halogens is 1. The molecule has 0 saturated heterocycles. The van der Waals surface area contributed by atoms with Gasteiger partial charge in [-0.05, 0) is 51.0 Å². The number of carbonyl (C=O) groups is 1. The SMILES string of the molecule is COc1ccc(Cl)c2nc3c(cc12)CCN(C(=O)OC(C)(C)C)CC3. The number of fused-ring (bicyclic) bond motifs is 2. The Morgan fingerprint density at radius 2 is 1.96 bits per heavy atom. The van der Waals surface area contributed by atoms with Gasteiger partial charge in [0.2, 0.25) is 0 Å². The van der Waals surface area contributed by atoms with Crippen LogP contribution >= 0.6 is 11.6 Å². The van der Waals surface area contributed by atoms with Crippen molar-refractivity contribution in [2.75, 3.05) is 20.2 Å². The summed E-state index contributed by atoms with van der Waals surface area (Å²) in [6.07, 6.45) is 1.13. The highest BCUT2D eigenvalue weighted by atomic mass is 35.5. The Morgan fingerprint density at radius 3 is 2.64 bits per heavy atom. The van der Waals surface area contributed by atoms with Gasteiger partial charge in [-0.25, -0.2) is 4.79 Å². The molecule has 6 heteroatoms. The standard InChI is InChI=1S/C19H23ClN2O3/c1-19(2,3)25-18(23)22-9-7-12-11-13-16(24-4)6-5-14(20)17(13)21-15(12)8-10-22/h5-6,11H,7-10H2,1-4H3. The van der Waals surface area contributed by atoms with E-state index in [0.717, 1.165) is 34.3 Å². The average Bonchev–Trinajstić information content (AvgIpc) is 2.74. The number of amides is 1. The fourth-order valence-corrected chi connectivity index (χ4v) is 3.22. The fraction of sp³-hybridized carbons (Fsp3) is 0.474. The van der Waals surface area contributed by atoms with E-state index in [9.17, 15) is 4.79 Å². The van der Waals surface area contributed by atoms with Gasteiger partial charge in [0.25, 0.3) is 0 Å². The lowest BCUT2D eigenvalue weighted by Crippen LogP contribution is -2.38. The molecule has 0 spiro atoms. The quantitative estimate of drug-likeness (QED) is 0.761. The third-order valence-electron chi connectivity index (χ3n) is 4.21. The molecule has 2 heterocycles. The van der Waals surface area contributed by atoms with Gasteiger partial charge in [0, 0.05) is 30.6 Å². The minimum Gasteiger partial charge on any atom is -0.496 e. The van der Waals surface area contributed by atoms with Crippen molar-refractivity contribution < 1.29 is 14.3 Å². The summed E-state index contributed by atoms with van der Waals surface area (Å²) in [5.74, 6) is 0.753. The van der Waals surface area contributed by atoms with E-state index in [4.69, 9.17) is 26.1 Å². The molecular formula is C19H23ClN2O3. The molecule has 25 heavy (non-hydrogen) atoms. The molecule has 0 N–H and O–H groups in total. The molecule has 0 bridgehead atoms. The number of nitrogens with zero attached hydrogens (tertiary/aromatic N) is 2. The van der Waals surface area contributed by atoms with E-state index in [-0.39, 0.29) is 6.09 Å². The smallest absolute Gasteiger partial charge is 0.410 e. The Morgan fingerprint density at radius 1 is 1.24 bits per heavy atom. The number of pyridine rings is 1. The predicted octanol–water partition coefficient (Wildman–Crippen LogP) is 4.23. The molecule has 1 aromatic heterocycles. The van der Waals surface area contributed by atoms with Gasteiger partial charge in [-0.1, -0.05) is 11.6 Å². The maximum absolute atomic E-state index is 12.3. The number of benzene rings is 1. The van der Waals surface area contributed by atoms with Crippen LogP contribution in [-0.2, 0) is 17.6 Å². The molecule has 134 valence electrons. The summed E-state index contributed by atoms with van der Waals surface area (Å²) in [7, 11) is 1.64. The normalized spacial score (nSPS) is 14.8. The number of ether oxygens (including phenoxy) is 2. The van der Waals surface area contributed by atoms with Gasteiger partial charge < -0.3 is 14.4 Å². The van der Waals surface area contributed by atoms with Crippen LogP contribution in [0.5, 0.6) is 5.75 Å². The maximum atomic E-state index is 12.3. The zero-order valence-electron chi connectivity index (χ0n) is 15.1. The molecule has 1 aliphatic rings. The lowest BCUT2D eigenvalue weighted by molar-refractivity contribution is 0.0258. The maximum Gasteiger partial charge on any atom is 0.410 e. The predicted molar refractivity (Wildman–Crippen MR) is 98.5 cm³/mol. The zero-order valence-corrected chi connectivity index (χ0v) is 15.8. The first-order valence-corrected chi connectivity index (χ1v) is 8.79.